The number of ether oxygens (including phenoxy) is 2. The Labute approximate surface area is 120 Å². The van der Waals surface area contributed by atoms with Crippen molar-refractivity contribution in [3.8, 4) is 0 Å². The summed E-state index contributed by atoms with van der Waals surface area (Å²) in [4.78, 5) is 9.14. The van der Waals surface area contributed by atoms with E-state index in [-0.39, 0.29) is 0 Å². The number of carboxylic acids is 1. The van der Waals surface area contributed by atoms with Crippen LogP contribution in [0.25, 0.3) is 0 Å². The molecule has 0 unspecified atom stereocenters. The normalized spacial score (nSPS) is 9.70. The summed E-state index contributed by atoms with van der Waals surface area (Å²) in [5, 5.41) is 9.14. The van der Waals surface area contributed by atoms with Gasteiger partial charge in [0, 0.05) is 40.3 Å². The fourth-order valence-electron chi connectivity index (χ4n) is 1.49. The summed E-state index contributed by atoms with van der Waals surface area (Å²) in [6.45, 7) is 6.58. The van der Waals surface area contributed by atoms with Crippen LogP contribution in [0.15, 0.2) is 31.4 Å². The molecule has 0 amide bonds. The van der Waals surface area contributed by atoms with E-state index < -0.39 is 5.97 Å². The minimum absolute atomic E-state index is 0.722. The van der Waals surface area contributed by atoms with Crippen LogP contribution in [0.4, 0.5) is 0 Å². The molecule has 0 aliphatic rings. The van der Waals surface area contributed by atoms with Crippen molar-refractivity contribution >= 4 is 5.97 Å². The Balaban J connectivity index is 0.000000621. The standard InChI is InChI=1S/C11H21N2O2.C3H4O2/c1-14-9-3-5-12-7-8-13(11-12)6-4-10-15-2;1-2-3(4)5/h7-8,11H,3-6,9-10H2,1-2H3;2H,1H2,(H,4,5)/q+1;/p-1. The predicted octanol–water partition coefficient (Wildman–Crippen LogP) is -0.229. The van der Waals surface area contributed by atoms with Gasteiger partial charge in [-0.1, -0.05) is 6.58 Å². The third-order valence-corrected chi connectivity index (χ3v) is 2.44. The molecule has 1 aromatic heterocycles. The summed E-state index contributed by atoms with van der Waals surface area (Å²) < 4.78 is 14.4. The molecule has 1 aromatic rings. The molecule has 0 aliphatic heterocycles. The second kappa shape index (κ2) is 12.4. The van der Waals surface area contributed by atoms with E-state index in [1.807, 2.05) is 0 Å². The zero-order valence-corrected chi connectivity index (χ0v) is 12.3. The topological polar surface area (TPSA) is 67.4 Å². The Morgan fingerprint density at radius 2 is 1.95 bits per heavy atom. The molecule has 0 aromatic carbocycles. The fraction of sp³-hybridized carbons (Fsp3) is 0.571. The highest BCUT2D eigenvalue weighted by Gasteiger charge is 2.02. The van der Waals surface area contributed by atoms with Gasteiger partial charge in [0.25, 0.3) is 0 Å². The van der Waals surface area contributed by atoms with Crippen molar-refractivity contribution in [2.45, 2.75) is 25.9 Å². The van der Waals surface area contributed by atoms with Gasteiger partial charge in [0.1, 0.15) is 12.4 Å². The Kier molecular flexibility index (Phi) is 11.4. The first-order chi connectivity index (χ1) is 9.63. The zero-order chi connectivity index (χ0) is 15.2. The van der Waals surface area contributed by atoms with Gasteiger partial charge < -0.3 is 19.4 Å². The number of aromatic nitrogens is 2. The summed E-state index contributed by atoms with van der Waals surface area (Å²) in [7, 11) is 3.47. The smallest absolute Gasteiger partial charge is 0.243 e. The molecule has 114 valence electrons. The van der Waals surface area contributed by atoms with E-state index in [0.717, 1.165) is 45.2 Å². The predicted molar refractivity (Wildman–Crippen MR) is 72.8 cm³/mol. The van der Waals surface area contributed by atoms with E-state index in [1.165, 1.54) is 0 Å². The highest BCUT2D eigenvalue weighted by Crippen LogP contribution is 1.90. The van der Waals surface area contributed by atoms with Crippen molar-refractivity contribution in [3.05, 3.63) is 31.4 Å². The van der Waals surface area contributed by atoms with Gasteiger partial charge in [-0.15, -0.1) is 0 Å². The number of nitrogens with zero attached hydrogens (tertiary/aromatic N) is 2. The van der Waals surface area contributed by atoms with Gasteiger partial charge in [-0.05, 0) is 6.08 Å². The first-order valence-corrected chi connectivity index (χ1v) is 6.50. The zero-order valence-electron chi connectivity index (χ0n) is 12.3. The monoisotopic (exact) mass is 284 g/mol. The van der Waals surface area contributed by atoms with E-state index >= 15 is 0 Å². The van der Waals surface area contributed by atoms with Crippen LogP contribution in [0.1, 0.15) is 12.8 Å². The van der Waals surface area contributed by atoms with Crippen LogP contribution >= 0.6 is 0 Å². The van der Waals surface area contributed by atoms with E-state index in [9.17, 15) is 0 Å². The number of methoxy groups -OCH3 is 2. The van der Waals surface area contributed by atoms with Crippen molar-refractivity contribution in [2.75, 3.05) is 27.4 Å². The number of hydrogen-bond acceptors (Lipinski definition) is 4. The molecule has 0 saturated heterocycles. The first-order valence-electron chi connectivity index (χ1n) is 6.50. The van der Waals surface area contributed by atoms with Crippen molar-refractivity contribution < 1.29 is 23.9 Å². The lowest BCUT2D eigenvalue weighted by molar-refractivity contribution is -0.697. The van der Waals surface area contributed by atoms with Crippen LogP contribution in [-0.4, -0.2) is 38.0 Å². The molecule has 0 bridgehead atoms. The molecule has 6 nitrogen and oxygen atoms in total. The molecule has 0 fully saturated rings. The summed E-state index contributed by atoms with van der Waals surface area (Å²) in [6, 6.07) is 0. The van der Waals surface area contributed by atoms with Crippen LogP contribution in [0.2, 0.25) is 0 Å². The van der Waals surface area contributed by atoms with E-state index in [4.69, 9.17) is 19.4 Å². The van der Waals surface area contributed by atoms with Crippen LogP contribution in [0.3, 0.4) is 0 Å². The number of carbonyl (C=O) groups is 1. The Bertz CT molecular complexity index is 353. The lowest BCUT2D eigenvalue weighted by atomic mass is 10.4. The van der Waals surface area contributed by atoms with E-state index in [1.54, 1.807) is 14.2 Å². The second-order valence-electron chi connectivity index (χ2n) is 4.11. The van der Waals surface area contributed by atoms with Crippen molar-refractivity contribution in [2.24, 2.45) is 0 Å². The number of aryl methyl sites for hydroxylation is 2. The van der Waals surface area contributed by atoms with Gasteiger partial charge in [0.15, 0.2) is 0 Å². The molecule has 20 heavy (non-hydrogen) atoms. The third kappa shape index (κ3) is 10.3. The molecule has 0 N–H and O–H groups in total. The number of carbonyl (C=O) groups excluding carboxylic acids is 1. The number of hydrogen-bond donors (Lipinski definition) is 0. The quantitative estimate of drug-likeness (QED) is 0.357. The molecule has 6 heteroatoms. The summed E-state index contributed by atoms with van der Waals surface area (Å²) in [6.07, 6.45) is 9.17. The van der Waals surface area contributed by atoms with Gasteiger partial charge in [-0.25, -0.2) is 9.13 Å². The molecular formula is C14H24N2O4. The maximum absolute atomic E-state index is 9.14. The van der Waals surface area contributed by atoms with Crippen molar-refractivity contribution in [1.82, 2.24) is 4.57 Å². The van der Waals surface area contributed by atoms with Crippen LogP contribution in [0, 0.1) is 0 Å². The minimum atomic E-state index is -1.23. The molecule has 0 radical (unpaired) electrons. The van der Waals surface area contributed by atoms with Gasteiger partial charge in [0.2, 0.25) is 6.33 Å². The Morgan fingerprint density at radius 1 is 1.35 bits per heavy atom. The van der Waals surface area contributed by atoms with Crippen LogP contribution in [-0.2, 0) is 27.4 Å². The van der Waals surface area contributed by atoms with Gasteiger partial charge in [-0.3, -0.25) is 0 Å². The number of carboxylic acid groups (broad SMARTS) is 1. The maximum atomic E-state index is 9.14. The highest BCUT2D eigenvalue weighted by atomic mass is 16.5. The molecule has 0 aliphatic carbocycles. The second-order valence-corrected chi connectivity index (χ2v) is 4.11. The molecule has 0 spiro atoms. The average Bonchev–Trinajstić information content (AvgIpc) is 2.88. The maximum Gasteiger partial charge on any atom is 0.243 e. The number of aliphatic carboxylic acids is 1. The summed E-state index contributed by atoms with van der Waals surface area (Å²) >= 11 is 0. The molecule has 0 saturated carbocycles. The summed E-state index contributed by atoms with van der Waals surface area (Å²) in [5.41, 5.74) is 0. The highest BCUT2D eigenvalue weighted by molar-refractivity contribution is 5.76. The summed E-state index contributed by atoms with van der Waals surface area (Å²) in [5.74, 6) is -1.23. The third-order valence-electron chi connectivity index (χ3n) is 2.44. The van der Waals surface area contributed by atoms with Crippen molar-refractivity contribution in [1.29, 1.82) is 0 Å². The first kappa shape index (κ1) is 18.3. The lowest BCUT2D eigenvalue weighted by Gasteiger charge is -1.97. The Morgan fingerprint density at radius 3 is 2.50 bits per heavy atom. The molecular weight excluding hydrogens is 260 g/mol. The molecule has 0 atom stereocenters. The van der Waals surface area contributed by atoms with Crippen LogP contribution in [0.5, 0.6) is 0 Å². The van der Waals surface area contributed by atoms with Crippen LogP contribution < -0.4 is 9.67 Å². The van der Waals surface area contributed by atoms with Gasteiger partial charge >= 0.3 is 0 Å². The number of imidazole rings is 1. The average molecular weight is 284 g/mol. The van der Waals surface area contributed by atoms with Gasteiger partial charge in [-0.2, -0.15) is 0 Å². The van der Waals surface area contributed by atoms with Gasteiger partial charge in [0.05, 0.1) is 19.1 Å². The lowest BCUT2D eigenvalue weighted by Crippen LogP contribution is -2.31. The molecule has 1 rings (SSSR count). The Hall–Kier alpha value is -1.66. The SMILES string of the molecule is C=CC(=O)[O-].COCCCn1cc[n+](CCCOC)c1. The van der Waals surface area contributed by atoms with E-state index in [2.05, 4.69) is 34.4 Å². The minimum Gasteiger partial charge on any atom is -0.545 e. The van der Waals surface area contributed by atoms with E-state index in [0.29, 0.717) is 0 Å². The van der Waals surface area contributed by atoms with Crippen molar-refractivity contribution in [3.63, 3.8) is 0 Å². The fourth-order valence-corrected chi connectivity index (χ4v) is 1.49. The number of rotatable bonds is 9. The molecule has 1 heterocycles. The largest absolute Gasteiger partial charge is 0.545 e.